The van der Waals surface area contributed by atoms with E-state index in [1.807, 2.05) is 85.1 Å². The molecule has 2 amide bonds. The van der Waals surface area contributed by atoms with Gasteiger partial charge >= 0.3 is 0 Å². The van der Waals surface area contributed by atoms with Crippen LogP contribution in [-0.4, -0.2) is 43.2 Å². The van der Waals surface area contributed by atoms with Crippen LogP contribution in [0.4, 0.5) is 5.69 Å². The van der Waals surface area contributed by atoms with Gasteiger partial charge in [0, 0.05) is 17.5 Å². The number of nitrogens with zero attached hydrogens (tertiary/aromatic N) is 1. The molecule has 0 fully saturated rings. The Morgan fingerprint density at radius 1 is 0.933 bits per heavy atom. The molecule has 0 unspecified atom stereocenters. The fourth-order valence-electron chi connectivity index (χ4n) is 2.94. The minimum absolute atomic E-state index is 0.0504. The van der Waals surface area contributed by atoms with Crippen LogP contribution in [0.15, 0.2) is 83.8 Å². The van der Waals surface area contributed by atoms with Gasteiger partial charge in [0.25, 0.3) is 5.91 Å². The lowest BCUT2D eigenvalue weighted by Crippen LogP contribution is -2.37. The maximum absolute atomic E-state index is 12.5. The molecule has 0 aliphatic heterocycles. The smallest absolute Gasteiger partial charge is 0.260 e. The van der Waals surface area contributed by atoms with Crippen molar-refractivity contribution in [2.45, 2.75) is 4.90 Å². The standard InChI is InChI=1S/C24H24N2O3S/c1-26(16-23(27)25-20-13-7-9-15-22(20)30-2)24(28)17-29-21-14-8-6-12-19(21)18-10-4-3-5-11-18/h3-15H,16-17H2,1-2H3,(H,25,27). The van der Waals surface area contributed by atoms with Crippen LogP contribution in [0, 0.1) is 0 Å². The van der Waals surface area contributed by atoms with Crippen LogP contribution in [0.5, 0.6) is 5.75 Å². The number of thioether (sulfide) groups is 1. The summed E-state index contributed by atoms with van der Waals surface area (Å²) in [5.41, 5.74) is 2.67. The number of benzene rings is 3. The second kappa shape index (κ2) is 10.5. The Labute approximate surface area is 181 Å². The number of hydrogen-bond acceptors (Lipinski definition) is 4. The van der Waals surface area contributed by atoms with Gasteiger partial charge in [0.05, 0.1) is 12.2 Å². The summed E-state index contributed by atoms with van der Waals surface area (Å²) >= 11 is 1.55. The zero-order chi connectivity index (χ0) is 21.3. The first-order valence-electron chi connectivity index (χ1n) is 9.52. The van der Waals surface area contributed by atoms with E-state index in [1.54, 1.807) is 18.8 Å². The molecule has 0 saturated heterocycles. The van der Waals surface area contributed by atoms with Crippen LogP contribution in [0.1, 0.15) is 0 Å². The SMILES string of the molecule is CSc1ccccc1NC(=O)CN(C)C(=O)COc1ccccc1-c1ccccc1. The number of nitrogens with one attached hydrogen (secondary N) is 1. The van der Waals surface area contributed by atoms with Crippen LogP contribution >= 0.6 is 11.8 Å². The number of ether oxygens (including phenoxy) is 1. The van der Waals surface area contributed by atoms with Crippen molar-refractivity contribution in [3.05, 3.63) is 78.9 Å². The summed E-state index contributed by atoms with van der Waals surface area (Å²) in [4.78, 5) is 27.2. The van der Waals surface area contributed by atoms with E-state index in [9.17, 15) is 9.59 Å². The summed E-state index contributed by atoms with van der Waals surface area (Å²) < 4.78 is 5.78. The Morgan fingerprint density at radius 2 is 1.60 bits per heavy atom. The van der Waals surface area contributed by atoms with Crippen molar-refractivity contribution in [3.63, 3.8) is 0 Å². The molecule has 6 heteroatoms. The molecule has 3 aromatic carbocycles. The zero-order valence-corrected chi connectivity index (χ0v) is 17.8. The molecule has 0 spiro atoms. The normalized spacial score (nSPS) is 10.3. The van der Waals surface area contributed by atoms with Crippen LogP contribution < -0.4 is 10.1 Å². The molecule has 5 nitrogen and oxygen atoms in total. The van der Waals surface area contributed by atoms with Crippen LogP contribution in [-0.2, 0) is 9.59 Å². The highest BCUT2D eigenvalue weighted by atomic mass is 32.2. The number of likely N-dealkylation sites (N-methyl/N-ethyl adjacent to an activating group) is 1. The topological polar surface area (TPSA) is 58.6 Å². The molecule has 0 aliphatic carbocycles. The average molecular weight is 421 g/mol. The van der Waals surface area contributed by atoms with Crippen molar-refractivity contribution in [1.82, 2.24) is 4.90 Å². The Bertz CT molecular complexity index is 1010. The van der Waals surface area contributed by atoms with E-state index in [1.165, 1.54) is 4.90 Å². The van der Waals surface area contributed by atoms with E-state index in [2.05, 4.69) is 5.32 Å². The van der Waals surface area contributed by atoms with Crippen LogP contribution in [0.2, 0.25) is 0 Å². The van der Waals surface area contributed by atoms with Gasteiger partial charge in [0.1, 0.15) is 5.75 Å². The molecule has 154 valence electrons. The maximum Gasteiger partial charge on any atom is 0.260 e. The lowest BCUT2D eigenvalue weighted by atomic mass is 10.1. The molecule has 0 aliphatic rings. The first-order chi connectivity index (χ1) is 14.6. The molecule has 30 heavy (non-hydrogen) atoms. The summed E-state index contributed by atoms with van der Waals surface area (Å²) in [7, 11) is 1.59. The van der Waals surface area contributed by atoms with Gasteiger partial charge in [-0.15, -0.1) is 11.8 Å². The summed E-state index contributed by atoms with van der Waals surface area (Å²) in [6.07, 6.45) is 1.95. The maximum atomic E-state index is 12.5. The minimum Gasteiger partial charge on any atom is -0.483 e. The lowest BCUT2D eigenvalue weighted by molar-refractivity contribution is -0.135. The quantitative estimate of drug-likeness (QED) is 0.543. The van der Waals surface area contributed by atoms with Crippen molar-refractivity contribution < 1.29 is 14.3 Å². The third kappa shape index (κ3) is 5.64. The highest BCUT2D eigenvalue weighted by molar-refractivity contribution is 7.98. The largest absolute Gasteiger partial charge is 0.483 e. The van der Waals surface area contributed by atoms with Crippen molar-refractivity contribution in [3.8, 4) is 16.9 Å². The number of amides is 2. The first kappa shape index (κ1) is 21.5. The first-order valence-corrected chi connectivity index (χ1v) is 10.7. The molecule has 3 rings (SSSR count). The predicted octanol–water partition coefficient (Wildman–Crippen LogP) is 4.55. The molecule has 0 atom stereocenters. The number of rotatable bonds is 8. The second-order valence-corrected chi connectivity index (χ2v) is 7.50. The van der Waals surface area contributed by atoms with Gasteiger partial charge in [-0.2, -0.15) is 0 Å². The molecular formula is C24H24N2O3S. The van der Waals surface area contributed by atoms with Gasteiger partial charge in [0.2, 0.25) is 5.91 Å². The number of para-hydroxylation sites is 2. The van der Waals surface area contributed by atoms with E-state index < -0.39 is 0 Å². The van der Waals surface area contributed by atoms with E-state index >= 15 is 0 Å². The summed E-state index contributed by atoms with van der Waals surface area (Å²) in [5.74, 6) is 0.104. The molecule has 0 heterocycles. The lowest BCUT2D eigenvalue weighted by Gasteiger charge is -2.18. The third-order valence-electron chi connectivity index (χ3n) is 4.51. The monoisotopic (exact) mass is 420 g/mol. The van der Waals surface area contributed by atoms with Crippen molar-refractivity contribution in [2.75, 3.05) is 31.8 Å². The molecule has 0 saturated carbocycles. The van der Waals surface area contributed by atoms with Gasteiger partial charge in [0.15, 0.2) is 6.61 Å². The Hall–Kier alpha value is -3.25. The Morgan fingerprint density at radius 3 is 2.37 bits per heavy atom. The zero-order valence-electron chi connectivity index (χ0n) is 17.0. The fourth-order valence-corrected chi connectivity index (χ4v) is 3.49. The van der Waals surface area contributed by atoms with Crippen molar-refractivity contribution in [1.29, 1.82) is 0 Å². The molecule has 3 aromatic rings. The molecule has 1 N–H and O–H groups in total. The predicted molar refractivity (Wildman–Crippen MR) is 122 cm³/mol. The van der Waals surface area contributed by atoms with Crippen molar-refractivity contribution >= 4 is 29.3 Å². The van der Waals surface area contributed by atoms with Gasteiger partial charge in [-0.1, -0.05) is 60.7 Å². The Kier molecular flexibility index (Phi) is 7.51. The highest BCUT2D eigenvalue weighted by Gasteiger charge is 2.15. The minimum atomic E-state index is -0.272. The summed E-state index contributed by atoms with van der Waals surface area (Å²) in [6.45, 7) is -0.194. The highest BCUT2D eigenvalue weighted by Crippen LogP contribution is 2.29. The Balaban J connectivity index is 1.57. The average Bonchev–Trinajstić information content (AvgIpc) is 2.78. The van der Waals surface area contributed by atoms with E-state index in [0.717, 1.165) is 21.7 Å². The van der Waals surface area contributed by atoms with E-state index in [4.69, 9.17) is 4.74 Å². The van der Waals surface area contributed by atoms with Crippen LogP contribution in [0.25, 0.3) is 11.1 Å². The number of hydrogen-bond donors (Lipinski definition) is 1. The van der Waals surface area contributed by atoms with Gasteiger partial charge in [-0.05, 0) is 30.0 Å². The number of carbonyl (C=O) groups is 2. The van der Waals surface area contributed by atoms with E-state index in [0.29, 0.717) is 5.75 Å². The molecular weight excluding hydrogens is 396 g/mol. The van der Waals surface area contributed by atoms with Crippen molar-refractivity contribution in [2.24, 2.45) is 0 Å². The number of anilines is 1. The molecule has 0 bridgehead atoms. The van der Waals surface area contributed by atoms with Gasteiger partial charge < -0.3 is 15.0 Å². The second-order valence-electron chi connectivity index (χ2n) is 6.65. The third-order valence-corrected chi connectivity index (χ3v) is 5.31. The van der Waals surface area contributed by atoms with E-state index in [-0.39, 0.29) is 25.0 Å². The molecule has 0 aromatic heterocycles. The van der Waals surface area contributed by atoms with Gasteiger partial charge in [-0.3, -0.25) is 9.59 Å². The number of carbonyl (C=O) groups excluding carboxylic acids is 2. The summed E-state index contributed by atoms with van der Waals surface area (Å²) in [6, 6.07) is 25.0. The molecule has 0 radical (unpaired) electrons. The van der Waals surface area contributed by atoms with Crippen LogP contribution in [0.3, 0.4) is 0 Å². The summed E-state index contributed by atoms with van der Waals surface area (Å²) in [5, 5.41) is 2.86. The van der Waals surface area contributed by atoms with Gasteiger partial charge in [-0.25, -0.2) is 0 Å². The fraction of sp³-hybridized carbons (Fsp3) is 0.167.